The molecule has 0 aliphatic carbocycles. The van der Waals surface area contributed by atoms with Crippen molar-refractivity contribution in [2.45, 2.75) is 13.0 Å². The van der Waals surface area contributed by atoms with Crippen molar-refractivity contribution in [1.29, 1.82) is 0 Å². The third-order valence-corrected chi connectivity index (χ3v) is 1.58. The van der Waals surface area contributed by atoms with Crippen LogP contribution < -0.4 is 0 Å². The van der Waals surface area contributed by atoms with Gasteiger partial charge in [0.1, 0.15) is 0 Å². The number of aliphatic carboxylic acids is 1. The highest BCUT2D eigenvalue weighted by molar-refractivity contribution is 6.12. The first-order valence-electron chi connectivity index (χ1n) is 3.78. The summed E-state index contributed by atoms with van der Waals surface area (Å²) in [6.45, 7) is 1.52. The number of hydrazone groups is 1. The number of amides is 1. The van der Waals surface area contributed by atoms with Crippen LogP contribution in [-0.4, -0.2) is 46.0 Å². The maximum Gasteiger partial charge on any atom is 0.321 e. The molecule has 1 rings (SSSR count). The quantitative estimate of drug-likeness (QED) is 0.547. The van der Waals surface area contributed by atoms with E-state index in [-0.39, 0.29) is 6.54 Å². The van der Waals surface area contributed by atoms with E-state index < -0.39 is 23.9 Å². The van der Waals surface area contributed by atoms with E-state index in [0.29, 0.717) is 0 Å². The molecule has 0 fully saturated rings. The highest BCUT2D eigenvalue weighted by Crippen LogP contribution is 2.10. The number of nitrogens with zero attached hydrogens (tertiary/aromatic N) is 2. The SMILES string of the molecule is CC(O)CN1N=CC(C(=O)O)C1=O. The Balaban J connectivity index is 2.61. The molecule has 0 radical (unpaired) electrons. The van der Waals surface area contributed by atoms with Crippen LogP contribution in [0.1, 0.15) is 6.92 Å². The van der Waals surface area contributed by atoms with Crippen molar-refractivity contribution >= 4 is 18.1 Å². The molecule has 6 heteroatoms. The van der Waals surface area contributed by atoms with Gasteiger partial charge >= 0.3 is 5.97 Å². The molecule has 0 aromatic carbocycles. The zero-order chi connectivity index (χ0) is 10.0. The van der Waals surface area contributed by atoms with Crippen LogP contribution in [0.4, 0.5) is 0 Å². The Hall–Kier alpha value is -1.43. The van der Waals surface area contributed by atoms with Gasteiger partial charge in [0, 0.05) is 6.21 Å². The topological polar surface area (TPSA) is 90.2 Å². The summed E-state index contributed by atoms with van der Waals surface area (Å²) in [5.74, 6) is -3.02. The Morgan fingerprint density at radius 1 is 1.85 bits per heavy atom. The molecule has 0 saturated heterocycles. The van der Waals surface area contributed by atoms with E-state index in [1.54, 1.807) is 0 Å². The Bertz CT molecular complexity index is 261. The van der Waals surface area contributed by atoms with Gasteiger partial charge in [0.05, 0.1) is 12.6 Å². The second-order valence-electron chi connectivity index (χ2n) is 2.85. The molecule has 1 aliphatic heterocycles. The number of carboxylic acids is 1. The molecule has 2 atom stereocenters. The molecule has 13 heavy (non-hydrogen) atoms. The van der Waals surface area contributed by atoms with Crippen LogP contribution in [-0.2, 0) is 9.59 Å². The van der Waals surface area contributed by atoms with Gasteiger partial charge in [-0.05, 0) is 6.92 Å². The van der Waals surface area contributed by atoms with E-state index in [1.165, 1.54) is 6.92 Å². The van der Waals surface area contributed by atoms with Gasteiger partial charge in [0.2, 0.25) is 0 Å². The van der Waals surface area contributed by atoms with Crippen molar-refractivity contribution < 1.29 is 19.8 Å². The normalized spacial score (nSPS) is 23.7. The predicted octanol–water partition coefficient (Wildman–Crippen LogP) is -1.10. The lowest BCUT2D eigenvalue weighted by Crippen LogP contribution is -2.34. The third-order valence-electron chi connectivity index (χ3n) is 1.58. The Labute approximate surface area is 74.5 Å². The summed E-state index contributed by atoms with van der Waals surface area (Å²) in [5, 5.41) is 22.0. The summed E-state index contributed by atoms with van der Waals surface area (Å²) >= 11 is 0. The summed E-state index contributed by atoms with van der Waals surface area (Å²) in [5.41, 5.74) is 0. The van der Waals surface area contributed by atoms with E-state index in [0.717, 1.165) is 11.2 Å². The largest absolute Gasteiger partial charge is 0.480 e. The van der Waals surface area contributed by atoms with Crippen molar-refractivity contribution in [1.82, 2.24) is 5.01 Å². The number of hydrogen-bond donors (Lipinski definition) is 2. The minimum absolute atomic E-state index is 0.0269. The Morgan fingerprint density at radius 3 is 2.85 bits per heavy atom. The van der Waals surface area contributed by atoms with E-state index >= 15 is 0 Å². The number of hydrogen-bond acceptors (Lipinski definition) is 4. The van der Waals surface area contributed by atoms with Gasteiger partial charge in [-0.15, -0.1) is 0 Å². The molecule has 0 spiro atoms. The van der Waals surface area contributed by atoms with Gasteiger partial charge in [-0.2, -0.15) is 5.10 Å². The maximum atomic E-state index is 11.2. The molecule has 0 bridgehead atoms. The number of carbonyl (C=O) groups excluding carboxylic acids is 1. The van der Waals surface area contributed by atoms with Crippen LogP contribution >= 0.6 is 0 Å². The highest BCUT2D eigenvalue weighted by atomic mass is 16.4. The van der Waals surface area contributed by atoms with Gasteiger partial charge in [0.25, 0.3) is 5.91 Å². The predicted molar refractivity (Wildman–Crippen MR) is 43.0 cm³/mol. The lowest BCUT2D eigenvalue weighted by Gasteiger charge is -2.14. The fourth-order valence-electron chi connectivity index (χ4n) is 0.985. The van der Waals surface area contributed by atoms with Crippen LogP contribution in [0.2, 0.25) is 0 Å². The summed E-state index contributed by atoms with van der Waals surface area (Å²) in [6, 6.07) is 0. The second-order valence-corrected chi connectivity index (χ2v) is 2.85. The van der Waals surface area contributed by atoms with Crippen molar-refractivity contribution in [3.63, 3.8) is 0 Å². The molecular weight excluding hydrogens is 176 g/mol. The van der Waals surface area contributed by atoms with Gasteiger partial charge in [-0.1, -0.05) is 0 Å². The van der Waals surface area contributed by atoms with E-state index in [1.807, 2.05) is 0 Å². The molecule has 0 saturated carbocycles. The standard InChI is InChI=1S/C7H10N2O4/c1-4(10)3-9-6(11)5(2-8-9)7(12)13/h2,4-5,10H,3H2,1H3,(H,12,13). The fraction of sp³-hybridized carbons (Fsp3) is 0.571. The van der Waals surface area contributed by atoms with Crippen LogP contribution in [0.3, 0.4) is 0 Å². The third kappa shape index (κ3) is 2.03. The first-order valence-corrected chi connectivity index (χ1v) is 3.78. The van der Waals surface area contributed by atoms with E-state index in [2.05, 4.69) is 5.10 Å². The minimum atomic E-state index is -1.22. The lowest BCUT2D eigenvalue weighted by atomic mass is 10.1. The Morgan fingerprint density at radius 2 is 2.46 bits per heavy atom. The summed E-state index contributed by atoms with van der Waals surface area (Å²) in [4.78, 5) is 21.6. The molecule has 72 valence electrons. The van der Waals surface area contributed by atoms with Gasteiger partial charge < -0.3 is 10.2 Å². The van der Waals surface area contributed by atoms with Crippen LogP contribution in [0.25, 0.3) is 0 Å². The minimum Gasteiger partial charge on any atom is -0.480 e. The molecular formula is C7H10N2O4. The molecule has 6 nitrogen and oxygen atoms in total. The molecule has 0 aromatic rings. The van der Waals surface area contributed by atoms with E-state index in [9.17, 15) is 9.59 Å². The fourth-order valence-corrected chi connectivity index (χ4v) is 0.985. The van der Waals surface area contributed by atoms with Crippen molar-refractivity contribution in [2.24, 2.45) is 11.0 Å². The smallest absolute Gasteiger partial charge is 0.321 e. The van der Waals surface area contributed by atoms with Crippen LogP contribution in [0.15, 0.2) is 5.10 Å². The molecule has 1 aliphatic rings. The number of aliphatic hydroxyl groups is 1. The van der Waals surface area contributed by atoms with Crippen molar-refractivity contribution in [3.8, 4) is 0 Å². The van der Waals surface area contributed by atoms with Crippen LogP contribution in [0, 0.1) is 5.92 Å². The average Bonchev–Trinajstić information content (AvgIpc) is 2.32. The number of rotatable bonds is 3. The monoisotopic (exact) mass is 186 g/mol. The van der Waals surface area contributed by atoms with Gasteiger partial charge in [0.15, 0.2) is 5.92 Å². The first-order chi connectivity index (χ1) is 6.02. The second kappa shape index (κ2) is 3.53. The zero-order valence-corrected chi connectivity index (χ0v) is 7.04. The van der Waals surface area contributed by atoms with Crippen molar-refractivity contribution in [2.75, 3.05) is 6.54 Å². The molecule has 0 aromatic heterocycles. The number of carbonyl (C=O) groups is 2. The maximum absolute atomic E-state index is 11.2. The molecule has 1 amide bonds. The number of aliphatic hydroxyl groups excluding tert-OH is 1. The van der Waals surface area contributed by atoms with Crippen LogP contribution in [0.5, 0.6) is 0 Å². The number of β-amino-alcohol motifs (C(OH)–C–C–N with tert-alkyl or cyclic N) is 1. The Kier molecular flexibility index (Phi) is 2.62. The molecule has 2 N–H and O–H groups in total. The average molecular weight is 186 g/mol. The summed E-state index contributed by atoms with van der Waals surface area (Å²) in [7, 11) is 0. The van der Waals surface area contributed by atoms with Gasteiger partial charge in [-0.3, -0.25) is 9.59 Å². The molecule has 1 heterocycles. The van der Waals surface area contributed by atoms with Crippen molar-refractivity contribution in [3.05, 3.63) is 0 Å². The lowest BCUT2D eigenvalue weighted by molar-refractivity contribution is -0.146. The summed E-state index contributed by atoms with van der Waals surface area (Å²) in [6.07, 6.45) is 0.348. The first kappa shape index (κ1) is 9.66. The molecule has 2 unspecified atom stereocenters. The van der Waals surface area contributed by atoms with Gasteiger partial charge in [-0.25, -0.2) is 5.01 Å². The summed E-state index contributed by atoms with van der Waals surface area (Å²) < 4.78 is 0. The highest BCUT2D eigenvalue weighted by Gasteiger charge is 2.34. The zero-order valence-electron chi connectivity index (χ0n) is 7.04. The van der Waals surface area contributed by atoms with E-state index in [4.69, 9.17) is 10.2 Å². The number of carboxylic acid groups (broad SMARTS) is 1.